The molecule has 1 aromatic rings. The van der Waals surface area contributed by atoms with E-state index in [-0.39, 0.29) is 0 Å². The van der Waals surface area contributed by atoms with Crippen LogP contribution in [-0.4, -0.2) is 70.8 Å². The number of nitrogens with zero attached hydrogens (tertiary/aromatic N) is 3. The molecule has 0 spiro atoms. The van der Waals surface area contributed by atoms with Crippen molar-refractivity contribution in [1.82, 2.24) is 9.97 Å². The quantitative estimate of drug-likeness (QED) is 0.560. The molecular formula is C13H25N5O3. The number of aromatic nitrogens is 2. The number of nitrogen functional groups attached to an aromatic ring is 1. The molecule has 0 aromatic carbocycles. The van der Waals surface area contributed by atoms with E-state index < -0.39 is 0 Å². The Morgan fingerprint density at radius 2 is 1.67 bits per heavy atom. The molecule has 0 aliphatic heterocycles. The summed E-state index contributed by atoms with van der Waals surface area (Å²) in [5, 5.41) is 3.13. The van der Waals surface area contributed by atoms with Gasteiger partial charge in [-0.2, -0.15) is 0 Å². The third-order valence-electron chi connectivity index (χ3n) is 2.89. The highest BCUT2D eigenvalue weighted by molar-refractivity contribution is 5.74. The first-order chi connectivity index (χ1) is 10.2. The Hall–Kier alpha value is -1.64. The number of rotatable bonds is 11. The van der Waals surface area contributed by atoms with Gasteiger partial charge in [0.1, 0.15) is 12.0 Å². The zero-order valence-corrected chi connectivity index (χ0v) is 13.0. The molecule has 0 fully saturated rings. The summed E-state index contributed by atoms with van der Waals surface area (Å²) in [4.78, 5) is 10.5. The Morgan fingerprint density at radius 1 is 1.05 bits per heavy atom. The van der Waals surface area contributed by atoms with Gasteiger partial charge in [-0.25, -0.2) is 9.97 Å². The van der Waals surface area contributed by atoms with Gasteiger partial charge in [0.2, 0.25) is 0 Å². The minimum Gasteiger partial charge on any atom is -0.393 e. The first-order valence-corrected chi connectivity index (χ1v) is 6.80. The molecule has 0 aliphatic carbocycles. The summed E-state index contributed by atoms with van der Waals surface area (Å²) < 4.78 is 15.2. The van der Waals surface area contributed by atoms with Gasteiger partial charge >= 0.3 is 0 Å². The second-order valence-corrected chi connectivity index (χ2v) is 4.35. The fourth-order valence-electron chi connectivity index (χ4n) is 1.78. The van der Waals surface area contributed by atoms with Crippen molar-refractivity contribution >= 4 is 17.3 Å². The lowest BCUT2D eigenvalue weighted by molar-refractivity contribution is 0.190. The molecule has 0 amide bonds. The van der Waals surface area contributed by atoms with Gasteiger partial charge in [0, 0.05) is 41.0 Å². The fourth-order valence-corrected chi connectivity index (χ4v) is 1.78. The molecule has 0 saturated carbocycles. The van der Waals surface area contributed by atoms with E-state index in [2.05, 4.69) is 15.3 Å². The highest BCUT2D eigenvalue weighted by atomic mass is 16.5. The molecule has 0 atom stereocenters. The highest BCUT2D eigenvalue weighted by Crippen LogP contribution is 2.25. The van der Waals surface area contributed by atoms with E-state index in [0.717, 1.165) is 0 Å². The van der Waals surface area contributed by atoms with Gasteiger partial charge in [-0.3, -0.25) is 0 Å². The number of hydrogen-bond donors (Lipinski definition) is 2. The van der Waals surface area contributed by atoms with Gasteiger partial charge < -0.3 is 30.2 Å². The summed E-state index contributed by atoms with van der Waals surface area (Å²) in [7, 11) is 4.97. The normalized spacial score (nSPS) is 10.6. The predicted octanol–water partition coefficient (Wildman–Crippen LogP) is 0.216. The van der Waals surface area contributed by atoms with Crippen LogP contribution in [0.5, 0.6) is 0 Å². The van der Waals surface area contributed by atoms with Crippen molar-refractivity contribution in [3.8, 4) is 0 Å². The van der Waals surface area contributed by atoms with Crippen LogP contribution in [0.4, 0.5) is 17.3 Å². The topological polar surface area (TPSA) is 94.8 Å². The van der Waals surface area contributed by atoms with Crippen LogP contribution in [-0.2, 0) is 14.2 Å². The van der Waals surface area contributed by atoms with E-state index in [1.165, 1.54) is 6.33 Å². The molecule has 3 N–H and O–H groups in total. The van der Waals surface area contributed by atoms with Crippen molar-refractivity contribution in [1.29, 1.82) is 0 Å². The van der Waals surface area contributed by atoms with Crippen LogP contribution < -0.4 is 16.0 Å². The van der Waals surface area contributed by atoms with Gasteiger partial charge in [0.05, 0.1) is 19.8 Å². The molecule has 21 heavy (non-hydrogen) atoms. The van der Waals surface area contributed by atoms with Crippen LogP contribution in [0.1, 0.15) is 0 Å². The van der Waals surface area contributed by atoms with Crippen molar-refractivity contribution in [2.75, 3.05) is 76.7 Å². The van der Waals surface area contributed by atoms with Crippen molar-refractivity contribution in [3.05, 3.63) is 6.33 Å². The number of hydrogen-bond acceptors (Lipinski definition) is 8. The molecule has 1 heterocycles. The number of nitrogens with two attached hydrogens (primary N) is 1. The zero-order chi connectivity index (χ0) is 15.5. The molecule has 0 aliphatic rings. The van der Waals surface area contributed by atoms with Crippen LogP contribution in [0.25, 0.3) is 0 Å². The van der Waals surface area contributed by atoms with Gasteiger partial charge in [0.25, 0.3) is 0 Å². The molecule has 0 bridgehead atoms. The van der Waals surface area contributed by atoms with Crippen molar-refractivity contribution in [3.63, 3.8) is 0 Å². The molecule has 0 unspecified atom stereocenters. The molecule has 1 rings (SSSR count). The Bertz CT molecular complexity index is 397. The van der Waals surface area contributed by atoms with Crippen LogP contribution in [0.3, 0.4) is 0 Å². The van der Waals surface area contributed by atoms with Crippen LogP contribution in [0, 0.1) is 0 Å². The predicted molar refractivity (Wildman–Crippen MR) is 82.8 cm³/mol. The first-order valence-electron chi connectivity index (χ1n) is 6.80. The third-order valence-corrected chi connectivity index (χ3v) is 2.89. The van der Waals surface area contributed by atoms with Crippen molar-refractivity contribution < 1.29 is 14.2 Å². The second-order valence-electron chi connectivity index (χ2n) is 4.35. The number of ether oxygens (including phenoxy) is 3. The Kier molecular flexibility index (Phi) is 8.41. The lowest BCUT2D eigenvalue weighted by Gasteiger charge is -2.25. The smallest absolute Gasteiger partial charge is 0.157 e. The van der Waals surface area contributed by atoms with Gasteiger partial charge in [-0.15, -0.1) is 0 Å². The van der Waals surface area contributed by atoms with Gasteiger partial charge in [0.15, 0.2) is 11.6 Å². The van der Waals surface area contributed by atoms with Crippen LogP contribution in [0.2, 0.25) is 0 Å². The zero-order valence-electron chi connectivity index (χ0n) is 13.0. The molecule has 0 radical (unpaired) electrons. The number of methoxy groups -OCH3 is 3. The van der Waals surface area contributed by atoms with E-state index in [1.54, 1.807) is 21.3 Å². The van der Waals surface area contributed by atoms with Crippen LogP contribution in [0.15, 0.2) is 6.33 Å². The molecule has 8 heteroatoms. The maximum atomic E-state index is 6.16. The van der Waals surface area contributed by atoms with E-state index in [0.29, 0.717) is 56.8 Å². The van der Waals surface area contributed by atoms with E-state index in [4.69, 9.17) is 19.9 Å². The Balaban J connectivity index is 2.82. The van der Waals surface area contributed by atoms with Gasteiger partial charge in [-0.05, 0) is 0 Å². The maximum absolute atomic E-state index is 6.16. The molecule has 0 saturated heterocycles. The van der Waals surface area contributed by atoms with Crippen molar-refractivity contribution in [2.45, 2.75) is 0 Å². The standard InChI is InChI=1S/C13H25N5O3/c1-19-7-4-15-12-11(14)13(17-10-16-12)18(5-8-20-2)6-9-21-3/h10H,4-9,14H2,1-3H3,(H,15,16,17). The molecular weight excluding hydrogens is 274 g/mol. The summed E-state index contributed by atoms with van der Waals surface area (Å²) in [6, 6.07) is 0. The SMILES string of the molecule is COCCNc1ncnc(N(CCOC)CCOC)c1N. The molecule has 8 nitrogen and oxygen atoms in total. The number of anilines is 3. The summed E-state index contributed by atoms with van der Waals surface area (Å²) in [6.45, 7) is 3.74. The van der Waals surface area contributed by atoms with E-state index >= 15 is 0 Å². The summed E-state index contributed by atoms with van der Waals surface area (Å²) >= 11 is 0. The number of nitrogens with one attached hydrogen (secondary N) is 1. The summed E-state index contributed by atoms with van der Waals surface area (Å²) in [6.07, 6.45) is 1.49. The lowest BCUT2D eigenvalue weighted by Crippen LogP contribution is -2.32. The first kappa shape index (κ1) is 17.4. The highest BCUT2D eigenvalue weighted by Gasteiger charge is 2.14. The summed E-state index contributed by atoms with van der Waals surface area (Å²) in [5.74, 6) is 1.29. The largest absolute Gasteiger partial charge is 0.393 e. The Morgan fingerprint density at radius 3 is 2.24 bits per heavy atom. The minimum absolute atomic E-state index is 0.515. The summed E-state index contributed by atoms with van der Waals surface area (Å²) in [5.41, 5.74) is 6.67. The second kappa shape index (κ2) is 10.1. The van der Waals surface area contributed by atoms with E-state index in [9.17, 15) is 0 Å². The monoisotopic (exact) mass is 299 g/mol. The van der Waals surface area contributed by atoms with Crippen molar-refractivity contribution in [2.24, 2.45) is 0 Å². The van der Waals surface area contributed by atoms with E-state index in [1.807, 2.05) is 4.90 Å². The molecule has 1 aromatic heterocycles. The average Bonchev–Trinajstić information content (AvgIpc) is 2.50. The van der Waals surface area contributed by atoms with Gasteiger partial charge in [-0.1, -0.05) is 0 Å². The van der Waals surface area contributed by atoms with Crippen LogP contribution >= 0.6 is 0 Å². The maximum Gasteiger partial charge on any atom is 0.157 e. The average molecular weight is 299 g/mol. The molecule has 120 valence electrons. The third kappa shape index (κ3) is 5.70. The lowest BCUT2D eigenvalue weighted by atomic mass is 10.3. The minimum atomic E-state index is 0.515. The fraction of sp³-hybridized carbons (Fsp3) is 0.692. The Labute approximate surface area is 125 Å².